The number of hydrogen-bond acceptors (Lipinski definition) is 3. The third-order valence-corrected chi connectivity index (χ3v) is 3.50. The highest BCUT2D eigenvalue weighted by Crippen LogP contribution is 2.34. The highest BCUT2D eigenvalue weighted by Gasteiger charge is 2.29. The summed E-state index contributed by atoms with van der Waals surface area (Å²) in [6.45, 7) is 7.51. The number of nitrogens with one attached hydrogen (secondary N) is 1. The summed E-state index contributed by atoms with van der Waals surface area (Å²) in [6.07, 6.45) is 5.94. The quantitative estimate of drug-likeness (QED) is 0.501. The monoisotopic (exact) mass is 258 g/mol. The molecule has 0 aromatic heterocycles. The number of hydrogen-bond donors (Lipinski definition) is 1. The summed E-state index contributed by atoms with van der Waals surface area (Å²) in [5, 5.41) is 14.7. The molecule has 1 aliphatic rings. The smallest absolute Gasteiger partial charge is 0.272 e. The Bertz CT molecular complexity index is 511. The molecule has 1 heterocycles. The second kappa shape index (κ2) is 5.80. The molecule has 0 fully saturated rings. The number of rotatable bonds is 5. The molecule has 19 heavy (non-hydrogen) atoms. The first-order valence-electron chi connectivity index (χ1n) is 6.41. The van der Waals surface area contributed by atoms with Crippen LogP contribution in [0.4, 0.5) is 5.69 Å². The van der Waals surface area contributed by atoms with Crippen LogP contribution in [0.15, 0.2) is 43.5 Å². The van der Waals surface area contributed by atoms with Gasteiger partial charge in [0.05, 0.1) is 4.92 Å². The lowest BCUT2D eigenvalue weighted by Crippen LogP contribution is -2.39. The molecule has 1 aromatic rings. The van der Waals surface area contributed by atoms with Gasteiger partial charge in [0.1, 0.15) is 0 Å². The highest BCUT2D eigenvalue weighted by molar-refractivity contribution is 5.49. The van der Waals surface area contributed by atoms with Crippen molar-refractivity contribution in [2.75, 3.05) is 0 Å². The minimum atomic E-state index is -0.292. The van der Waals surface area contributed by atoms with Crippen molar-refractivity contribution in [3.8, 4) is 0 Å². The van der Waals surface area contributed by atoms with Crippen molar-refractivity contribution in [2.24, 2.45) is 0 Å². The summed E-state index contributed by atoms with van der Waals surface area (Å²) in [6, 6.07) is 5.61. The standard InChI is InChI=1S/C15H18N2O2/c1-3-6-11-10-13-12(14(16-11)7-4-2)8-5-9-15(13)17(18)19/h3-5,8-9,11,14,16H,1-2,6-7,10H2/t11-,14-/m0/s1. The number of fused-ring (bicyclic) bond motifs is 1. The molecule has 2 atom stereocenters. The van der Waals surface area contributed by atoms with E-state index in [4.69, 9.17) is 0 Å². The molecular weight excluding hydrogens is 240 g/mol. The van der Waals surface area contributed by atoms with Crippen LogP contribution < -0.4 is 5.32 Å². The van der Waals surface area contributed by atoms with E-state index in [1.807, 2.05) is 18.2 Å². The molecule has 2 rings (SSSR count). The topological polar surface area (TPSA) is 55.2 Å². The average molecular weight is 258 g/mol. The van der Waals surface area contributed by atoms with Gasteiger partial charge in [-0.05, 0) is 24.8 Å². The maximum absolute atomic E-state index is 11.1. The molecule has 0 bridgehead atoms. The van der Waals surface area contributed by atoms with Crippen LogP contribution in [-0.2, 0) is 6.42 Å². The van der Waals surface area contributed by atoms with Crippen molar-refractivity contribution >= 4 is 5.69 Å². The minimum absolute atomic E-state index is 0.103. The van der Waals surface area contributed by atoms with Crippen LogP contribution in [-0.4, -0.2) is 11.0 Å². The van der Waals surface area contributed by atoms with Gasteiger partial charge in [-0.15, -0.1) is 13.2 Å². The Morgan fingerprint density at radius 1 is 1.37 bits per heavy atom. The fourth-order valence-corrected chi connectivity index (χ4v) is 2.71. The van der Waals surface area contributed by atoms with Gasteiger partial charge in [0.2, 0.25) is 0 Å². The summed E-state index contributed by atoms with van der Waals surface area (Å²) < 4.78 is 0. The summed E-state index contributed by atoms with van der Waals surface area (Å²) in [4.78, 5) is 10.9. The maximum Gasteiger partial charge on any atom is 0.272 e. The van der Waals surface area contributed by atoms with E-state index in [9.17, 15) is 10.1 Å². The van der Waals surface area contributed by atoms with Crippen LogP contribution in [0.25, 0.3) is 0 Å². The fourth-order valence-electron chi connectivity index (χ4n) is 2.71. The van der Waals surface area contributed by atoms with Crippen LogP contribution in [0.3, 0.4) is 0 Å². The molecule has 1 aromatic carbocycles. The second-order valence-electron chi connectivity index (χ2n) is 4.77. The van der Waals surface area contributed by atoms with Crippen molar-refractivity contribution < 1.29 is 4.92 Å². The van der Waals surface area contributed by atoms with E-state index in [0.717, 1.165) is 24.0 Å². The zero-order chi connectivity index (χ0) is 13.8. The Hall–Kier alpha value is -1.94. The van der Waals surface area contributed by atoms with Gasteiger partial charge in [0.15, 0.2) is 0 Å². The van der Waals surface area contributed by atoms with E-state index in [2.05, 4.69) is 18.5 Å². The third kappa shape index (κ3) is 2.74. The van der Waals surface area contributed by atoms with E-state index in [1.54, 1.807) is 12.1 Å². The van der Waals surface area contributed by atoms with Crippen molar-refractivity contribution in [2.45, 2.75) is 31.3 Å². The number of benzene rings is 1. The molecule has 0 saturated heterocycles. The van der Waals surface area contributed by atoms with Crippen LogP contribution in [0.1, 0.15) is 30.0 Å². The van der Waals surface area contributed by atoms with Gasteiger partial charge < -0.3 is 5.32 Å². The lowest BCUT2D eigenvalue weighted by molar-refractivity contribution is -0.385. The molecule has 0 unspecified atom stereocenters. The first kappa shape index (κ1) is 13.5. The Labute approximate surface area is 113 Å². The molecule has 0 radical (unpaired) electrons. The minimum Gasteiger partial charge on any atom is -0.306 e. The zero-order valence-corrected chi connectivity index (χ0v) is 10.8. The van der Waals surface area contributed by atoms with Crippen molar-refractivity contribution in [3.63, 3.8) is 0 Å². The first-order chi connectivity index (χ1) is 9.17. The predicted octanol–water partition coefficient (Wildman–Crippen LogP) is 3.30. The van der Waals surface area contributed by atoms with Gasteiger partial charge in [-0.25, -0.2) is 0 Å². The highest BCUT2D eigenvalue weighted by atomic mass is 16.6. The van der Waals surface area contributed by atoms with E-state index in [-0.39, 0.29) is 22.7 Å². The molecule has 4 heteroatoms. The molecule has 0 saturated carbocycles. The van der Waals surface area contributed by atoms with Crippen LogP contribution >= 0.6 is 0 Å². The summed E-state index contributed by atoms with van der Waals surface area (Å²) >= 11 is 0. The van der Waals surface area contributed by atoms with Gasteiger partial charge in [-0.3, -0.25) is 10.1 Å². The largest absolute Gasteiger partial charge is 0.306 e. The van der Waals surface area contributed by atoms with Crippen LogP contribution in [0.2, 0.25) is 0 Å². The molecule has 4 nitrogen and oxygen atoms in total. The van der Waals surface area contributed by atoms with Gasteiger partial charge in [-0.1, -0.05) is 24.3 Å². The van der Waals surface area contributed by atoms with Gasteiger partial charge in [0.25, 0.3) is 5.69 Å². The summed E-state index contributed by atoms with van der Waals surface area (Å²) in [5.74, 6) is 0. The normalized spacial score (nSPS) is 21.5. The SMILES string of the molecule is C=CC[C@H]1Cc2c(cccc2[N+](=O)[O-])[C@H](CC=C)N1. The molecule has 0 amide bonds. The lowest BCUT2D eigenvalue weighted by atomic mass is 9.86. The Morgan fingerprint density at radius 2 is 2.11 bits per heavy atom. The third-order valence-electron chi connectivity index (χ3n) is 3.50. The summed E-state index contributed by atoms with van der Waals surface area (Å²) in [7, 11) is 0. The van der Waals surface area contributed by atoms with Crippen LogP contribution in [0.5, 0.6) is 0 Å². The Kier molecular flexibility index (Phi) is 4.12. The molecule has 0 spiro atoms. The average Bonchev–Trinajstić information content (AvgIpc) is 2.38. The first-order valence-corrected chi connectivity index (χ1v) is 6.41. The lowest BCUT2D eigenvalue weighted by Gasteiger charge is -2.32. The molecule has 1 aliphatic heterocycles. The Balaban J connectivity index is 2.44. The maximum atomic E-state index is 11.1. The van der Waals surface area contributed by atoms with Gasteiger partial charge in [0, 0.05) is 23.7 Å². The molecule has 0 aliphatic carbocycles. The van der Waals surface area contributed by atoms with Gasteiger partial charge >= 0.3 is 0 Å². The fraction of sp³-hybridized carbons (Fsp3) is 0.333. The van der Waals surface area contributed by atoms with E-state index in [1.165, 1.54) is 0 Å². The van der Waals surface area contributed by atoms with Crippen molar-refractivity contribution in [1.29, 1.82) is 0 Å². The summed E-state index contributed by atoms with van der Waals surface area (Å²) in [5.41, 5.74) is 2.10. The number of nitro groups is 1. The van der Waals surface area contributed by atoms with E-state index >= 15 is 0 Å². The molecular formula is C15H18N2O2. The Morgan fingerprint density at radius 3 is 2.74 bits per heavy atom. The predicted molar refractivity (Wildman–Crippen MR) is 76.1 cm³/mol. The van der Waals surface area contributed by atoms with E-state index < -0.39 is 0 Å². The number of nitro benzene ring substituents is 1. The van der Waals surface area contributed by atoms with Crippen LogP contribution in [0, 0.1) is 10.1 Å². The molecule has 100 valence electrons. The van der Waals surface area contributed by atoms with Gasteiger partial charge in [-0.2, -0.15) is 0 Å². The molecule has 1 N–H and O–H groups in total. The zero-order valence-electron chi connectivity index (χ0n) is 10.8. The van der Waals surface area contributed by atoms with E-state index in [0.29, 0.717) is 6.42 Å². The second-order valence-corrected chi connectivity index (χ2v) is 4.77. The van der Waals surface area contributed by atoms with Crippen molar-refractivity contribution in [3.05, 3.63) is 64.8 Å². The number of nitrogens with zero attached hydrogens (tertiary/aromatic N) is 1. The van der Waals surface area contributed by atoms with Crippen molar-refractivity contribution in [1.82, 2.24) is 5.32 Å².